The number of benzene rings is 1. The van der Waals surface area contributed by atoms with E-state index in [4.69, 9.17) is 0 Å². The maximum absolute atomic E-state index is 11.8. The van der Waals surface area contributed by atoms with Crippen LogP contribution in [0.5, 0.6) is 0 Å². The van der Waals surface area contributed by atoms with Crippen molar-refractivity contribution >= 4 is 34.5 Å². The highest BCUT2D eigenvalue weighted by atomic mass is 32.2. The van der Waals surface area contributed by atoms with Gasteiger partial charge in [-0.15, -0.1) is 0 Å². The van der Waals surface area contributed by atoms with Gasteiger partial charge in [-0.05, 0) is 36.8 Å². The molecule has 0 bridgehead atoms. The molecule has 0 spiro atoms. The van der Waals surface area contributed by atoms with E-state index in [9.17, 15) is 4.79 Å². The number of amides is 1. The van der Waals surface area contributed by atoms with Crippen molar-refractivity contribution in [3.63, 3.8) is 0 Å². The first-order chi connectivity index (χ1) is 12.5. The largest absolute Gasteiger partial charge is 0.361 e. The lowest BCUT2D eigenvalue weighted by Gasteiger charge is -2.13. The lowest BCUT2D eigenvalue weighted by molar-refractivity contribution is -0.127. The summed E-state index contributed by atoms with van der Waals surface area (Å²) in [5.41, 5.74) is 3.74. The van der Waals surface area contributed by atoms with E-state index in [0.717, 1.165) is 25.3 Å². The third-order valence-electron chi connectivity index (χ3n) is 4.15. The fourth-order valence-corrected chi connectivity index (χ4v) is 3.00. The van der Waals surface area contributed by atoms with Crippen LogP contribution in [0.15, 0.2) is 29.4 Å². The Balaban J connectivity index is 1.96. The molecule has 6 nitrogen and oxygen atoms in total. The molecule has 0 aliphatic carbocycles. The van der Waals surface area contributed by atoms with Gasteiger partial charge in [-0.1, -0.05) is 12.1 Å². The molecule has 1 aromatic heterocycles. The molecule has 26 heavy (non-hydrogen) atoms. The van der Waals surface area contributed by atoms with Crippen LogP contribution in [0, 0.1) is 6.92 Å². The molecule has 142 valence electrons. The molecule has 2 aromatic rings. The Bertz CT molecular complexity index is 753. The van der Waals surface area contributed by atoms with E-state index in [1.807, 2.05) is 0 Å². The van der Waals surface area contributed by atoms with Crippen molar-refractivity contribution in [3.8, 4) is 0 Å². The van der Waals surface area contributed by atoms with E-state index in [0.29, 0.717) is 5.96 Å². The molecule has 2 rings (SSSR count). The van der Waals surface area contributed by atoms with Gasteiger partial charge in [0, 0.05) is 50.0 Å². The number of H-pyrrole nitrogens is 1. The topological polar surface area (TPSA) is 72.5 Å². The number of carbonyl (C=O) groups is 1. The zero-order valence-corrected chi connectivity index (χ0v) is 16.9. The Morgan fingerprint density at radius 3 is 2.77 bits per heavy atom. The van der Waals surface area contributed by atoms with Gasteiger partial charge in [0.1, 0.15) is 6.54 Å². The number of rotatable bonds is 8. The standard InChI is InChI=1S/C19H29N5OS/c1-14-6-5-7-16-18(14)15(12-22-16)8-9-20-19(21-10-11-26-4)23-13-17(25)24(2)3/h5-7,12,22H,8-11,13H2,1-4H3,(H2,20,21,23). The maximum Gasteiger partial charge on any atom is 0.243 e. The minimum absolute atomic E-state index is 0.0109. The third-order valence-corrected chi connectivity index (χ3v) is 4.76. The average Bonchev–Trinajstić information content (AvgIpc) is 3.03. The molecule has 0 radical (unpaired) electrons. The number of fused-ring (bicyclic) bond motifs is 1. The van der Waals surface area contributed by atoms with Crippen LogP contribution in [0.1, 0.15) is 11.1 Å². The lowest BCUT2D eigenvalue weighted by atomic mass is 10.1. The Kier molecular flexibility index (Phi) is 7.84. The second kappa shape index (κ2) is 10.1. The monoisotopic (exact) mass is 375 g/mol. The van der Waals surface area contributed by atoms with Crippen molar-refractivity contribution in [1.82, 2.24) is 20.5 Å². The predicted octanol–water partition coefficient (Wildman–Crippen LogP) is 2.01. The number of aromatic amines is 1. The smallest absolute Gasteiger partial charge is 0.243 e. The van der Waals surface area contributed by atoms with Gasteiger partial charge in [-0.3, -0.25) is 4.79 Å². The van der Waals surface area contributed by atoms with Gasteiger partial charge >= 0.3 is 0 Å². The number of likely N-dealkylation sites (N-methyl/N-ethyl adjacent to an activating group) is 1. The number of thioether (sulfide) groups is 1. The molecule has 1 heterocycles. The van der Waals surface area contributed by atoms with Crippen LogP contribution >= 0.6 is 11.8 Å². The number of nitrogens with one attached hydrogen (secondary N) is 3. The first-order valence-corrected chi connectivity index (χ1v) is 10.2. The molecule has 1 amide bonds. The van der Waals surface area contributed by atoms with Gasteiger partial charge < -0.3 is 20.5 Å². The maximum atomic E-state index is 11.8. The molecule has 0 aliphatic heterocycles. The van der Waals surface area contributed by atoms with E-state index in [1.165, 1.54) is 22.0 Å². The Labute approximate surface area is 159 Å². The summed E-state index contributed by atoms with van der Waals surface area (Å²) in [5, 5.41) is 7.92. The Morgan fingerprint density at radius 1 is 1.27 bits per heavy atom. The van der Waals surface area contributed by atoms with Crippen LogP contribution in [-0.4, -0.2) is 67.5 Å². The van der Waals surface area contributed by atoms with E-state index in [-0.39, 0.29) is 12.5 Å². The van der Waals surface area contributed by atoms with Crippen molar-refractivity contribution in [2.75, 3.05) is 45.7 Å². The van der Waals surface area contributed by atoms with Crippen molar-refractivity contribution in [2.24, 2.45) is 4.99 Å². The molecule has 0 atom stereocenters. The van der Waals surface area contributed by atoms with Crippen LogP contribution in [0.25, 0.3) is 10.9 Å². The molecule has 0 saturated carbocycles. The highest BCUT2D eigenvalue weighted by Crippen LogP contribution is 2.22. The van der Waals surface area contributed by atoms with Crippen molar-refractivity contribution < 1.29 is 4.79 Å². The number of guanidine groups is 1. The van der Waals surface area contributed by atoms with Crippen molar-refractivity contribution in [2.45, 2.75) is 13.3 Å². The van der Waals surface area contributed by atoms with E-state index in [1.54, 1.807) is 30.8 Å². The molecule has 7 heteroatoms. The fourth-order valence-electron chi connectivity index (χ4n) is 2.70. The summed E-state index contributed by atoms with van der Waals surface area (Å²) in [6.07, 6.45) is 5.03. The normalized spacial score (nSPS) is 11.6. The van der Waals surface area contributed by atoms with Crippen molar-refractivity contribution in [3.05, 3.63) is 35.5 Å². The summed E-state index contributed by atoms with van der Waals surface area (Å²) in [4.78, 5) is 21.1. The number of carbonyl (C=O) groups excluding carboxylic acids is 1. The molecule has 1 aromatic carbocycles. The van der Waals surface area contributed by atoms with Gasteiger partial charge in [0.25, 0.3) is 0 Å². The Hall–Kier alpha value is -2.15. The SMILES string of the molecule is CSCCNC(=NCC(=O)N(C)C)NCCc1c[nH]c2cccc(C)c12. The first kappa shape index (κ1) is 20.2. The summed E-state index contributed by atoms with van der Waals surface area (Å²) in [5.74, 6) is 1.67. The fraction of sp³-hybridized carbons (Fsp3) is 0.474. The van der Waals surface area contributed by atoms with Crippen LogP contribution in [0.4, 0.5) is 0 Å². The van der Waals surface area contributed by atoms with Gasteiger partial charge in [0.15, 0.2) is 5.96 Å². The molecule has 0 fully saturated rings. The number of hydrogen-bond acceptors (Lipinski definition) is 3. The van der Waals surface area contributed by atoms with Gasteiger partial charge in [0.2, 0.25) is 5.91 Å². The zero-order valence-electron chi connectivity index (χ0n) is 16.1. The summed E-state index contributed by atoms with van der Waals surface area (Å²) in [7, 11) is 3.48. The molecule has 0 saturated heterocycles. The first-order valence-electron chi connectivity index (χ1n) is 8.79. The highest BCUT2D eigenvalue weighted by Gasteiger charge is 2.07. The number of aromatic nitrogens is 1. The Morgan fingerprint density at radius 2 is 2.04 bits per heavy atom. The van der Waals surface area contributed by atoms with E-state index >= 15 is 0 Å². The van der Waals surface area contributed by atoms with Crippen LogP contribution in [-0.2, 0) is 11.2 Å². The van der Waals surface area contributed by atoms with Gasteiger partial charge in [0.05, 0.1) is 0 Å². The predicted molar refractivity (Wildman–Crippen MR) is 112 cm³/mol. The zero-order chi connectivity index (χ0) is 18.9. The summed E-state index contributed by atoms with van der Waals surface area (Å²) in [6.45, 7) is 3.85. The number of nitrogens with zero attached hydrogens (tertiary/aromatic N) is 2. The minimum Gasteiger partial charge on any atom is -0.361 e. The van der Waals surface area contributed by atoms with Crippen molar-refractivity contribution in [1.29, 1.82) is 0 Å². The minimum atomic E-state index is -0.0109. The molecule has 0 aliphatic rings. The van der Waals surface area contributed by atoms with Crippen LogP contribution in [0.3, 0.4) is 0 Å². The lowest BCUT2D eigenvalue weighted by Crippen LogP contribution is -2.40. The van der Waals surface area contributed by atoms with Gasteiger partial charge in [-0.2, -0.15) is 11.8 Å². The molecule has 0 unspecified atom stereocenters. The average molecular weight is 376 g/mol. The second-order valence-corrected chi connectivity index (χ2v) is 7.35. The highest BCUT2D eigenvalue weighted by molar-refractivity contribution is 7.98. The molecule has 3 N–H and O–H groups in total. The number of aryl methyl sites for hydroxylation is 1. The third kappa shape index (κ3) is 5.69. The van der Waals surface area contributed by atoms with Gasteiger partial charge in [-0.25, -0.2) is 4.99 Å². The van der Waals surface area contributed by atoms with E-state index < -0.39 is 0 Å². The summed E-state index contributed by atoms with van der Waals surface area (Å²) < 4.78 is 0. The number of hydrogen-bond donors (Lipinski definition) is 3. The molecular weight excluding hydrogens is 346 g/mol. The number of aliphatic imine (C=N–C) groups is 1. The summed E-state index contributed by atoms with van der Waals surface area (Å²) >= 11 is 1.77. The second-order valence-electron chi connectivity index (χ2n) is 6.36. The quantitative estimate of drug-likeness (QED) is 0.375. The van der Waals surface area contributed by atoms with Crippen LogP contribution in [0.2, 0.25) is 0 Å². The van der Waals surface area contributed by atoms with Crippen LogP contribution < -0.4 is 10.6 Å². The van der Waals surface area contributed by atoms with E-state index in [2.05, 4.69) is 58.2 Å². The molecular formula is C19H29N5OS. The summed E-state index contributed by atoms with van der Waals surface area (Å²) in [6, 6.07) is 6.30.